The third-order valence-corrected chi connectivity index (χ3v) is 2.66. The molecule has 0 aliphatic carbocycles. The van der Waals surface area contributed by atoms with Gasteiger partial charge in [0, 0.05) is 0 Å². The first-order valence-electron chi connectivity index (χ1n) is 6.03. The van der Waals surface area contributed by atoms with Crippen molar-refractivity contribution >= 4 is 12.2 Å². The van der Waals surface area contributed by atoms with Gasteiger partial charge in [0.25, 0.3) is 0 Å². The summed E-state index contributed by atoms with van der Waals surface area (Å²) < 4.78 is 39.8. The molecule has 0 unspecified atom stereocenters. The van der Waals surface area contributed by atoms with Crippen LogP contribution in [0, 0.1) is 6.92 Å². The molecule has 0 N–H and O–H groups in total. The fourth-order valence-electron chi connectivity index (χ4n) is 1.65. The van der Waals surface area contributed by atoms with Gasteiger partial charge in [-0.05, 0) is 30.2 Å². The van der Waals surface area contributed by atoms with Gasteiger partial charge in [-0.2, -0.15) is 0 Å². The highest BCUT2D eigenvalue weighted by atomic mass is 19.4. The van der Waals surface area contributed by atoms with Crippen LogP contribution in [0.5, 0.6) is 5.75 Å². The molecule has 0 aromatic heterocycles. The van der Waals surface area contributed by atoms with Gasteiger partial charge >= 0.3 is 6.36 Å². The van der Waals surface area contributed by atoms with Gasteiger partial charge in [0.15, 0.2) is 0 Å². The quantitative estimate of drug-likeness (QED) is 0.713. The summed E-state index contributed by atoms with van der Waals surface area (Å²) in [5, 5.41) is 0. The highest BCUT2D eigenvalue weighted by Crippen LogP contribution is 2.23. The first-order chi connectivity index (χ1) is 9.42. The van der Waals surface area contributed by atoms with Gasteiger partial charge in [-0.1, -0.05) is 54.1 Å². The lowest BCUT2D eigenvalue weighted by Crippen LogP contribution is -2.16. The minimum absolute atomic E-state index is 0.218. The number of hydrogen-bond acceptors (Lipinski definition) is 1. The molecular weight excluding hydrogens is 265 g/mol. The van der Waals surface area contributed by atoms with Gasteiger partial charge in [-0.3, -0.25) is 0 Å². The lowest BCUT2D eigenvalue weighted by molar-refractivity contribution is -0.274. The van der Waals surface area contributed by atoms with E-state index < -0.39 is 6.36 Å². The zero-order chi connectivity index (χ0) is 14.6. The summed E-state index contributed by atoms with van der Waals surface area (Å²) >= 11 is 0. The normalized spacial score (nSPS) is 11.8. The molecule has 1 nitrogen and oxygen atoms in total. The van der Waals surface area contributed by atoms with Crippen LogP contribution in [0.4, 0.5) is 13.2 Å². The average Bonchev–Trinajstić information content (AvgIpc) is 2.38. The van der Waals surface area contributed by atoms with Crippen molar-refractivity contribution in [1.29, 1.82) is 0 Å². The van der Waals surface area contributed by atoms with Gasteiger partial charge in [0.2, 0.25) is 0 Å². The molecule has 0 saturated heterocycles. The summed E-state index contributed by atoms with van der Waals surface area (Å²) in [6.45, 7) is 2.01. The standard InChI is InChI=1S/C16H13F3O/c1-12-2-4-13(5-3-12)6-7-14-8-10-15(11-9-14)20-16(17,18)19/h2-11H,1H3/b7-6+. The van der Waals surface area contributed by atoms with Crippen molar-refractivity contribution in [3.05, 3.63) is 65.2 Å². The fraction of sp³-hybridized carbons (Fsp3) is 0.125. The summed E-state index contributed by atoms with van der Waals surface area (Å²) in [6.07, 6.45) is -0.916. The van der Waals surface area contributed by atoms with E-state index in [1.165, 1.54) is 17.7 Å². The molecule has 2 aromatic rings. The van der Waals surface area contributed by atoms with Gasteiger partial charge in [-0.25, -0.2) is 0 Å². The molecular formula is C16H13F3O. The van der Waals surface area contributed by atoms with E-state index in [0.717, 1.165) is 11.1 Å². The summed E-state index contributed by atoms with van der Waals surface area (Å²) in [7, 11) is 0. The second-order valence-electron chi connectivity index (χ2n) is 4.36. The molecule has 0 spiro atoms. The van der Waals surface area contributed by atoms with Gasteiger partial charge in [0.1, 0.15) is 5.75 Å². The Morgan fingerprint density at radius 3 is 1.70 bits per heavy atom. The molecule has 0 saturated carbocycles. The zero-order valence-corrected chi connectivity index (χ0v) is 10.8. The largest absolute Gasteiger partial charge is 0.573 e. The van der Waals surface area contributed by atoms with Crippen LogP contribution in [0.3, 0.4) is 0 Å². The SMILES string of the molecule is Cc1ccc(/C=C/c2ccc(OC(F)(F)F)cc2)cc1. The topological polar surface area (TPSA) is 9.23 Å². The summed E-state index contributed by atoms with van der Waals surface area (Å²) in [5.41, 5.74) is 3.02. The Morgan fingerprint density at radius 2 is 1.25 bits per heavy atom. The van der Waals surface area contributed by atoms with Crippen molar-refractivity contribution < 1.29 is 17.9 Å². The summed E-state index contributed by atoms with van der Waals surface area (Å²) in [6, 6.07) is 13.7. The molecule has 0 aliphatic heterocycles. The first-order valence-corrected chi connectivity index (χ1v) is 6.03. The van der Waals surface area contributed by atoms with Crippen LogP contribution < -0.4 is 4.74 Å². The average molecular weight is 278 g/mol. The smallest absolute Gasteiger partial charge is 0.406 e. The van der Waals surface area contributed by atoms with Crippen molar-refractivity contribution in [2.75, 3.05) is 0 Å². The minimum atomic E-state index is -4.65. The van der Waals surface area contributed by atoms with Crippen molar-refractivity contribution in [1.82, 2.24) is 0 Å². The summed E-state index contributed by atoms with van der Waals surface area (Å²) in [4.78, 5) is 0. The molecule has 0 atom stereocenters. The number of hydrogen-bond donors (Lipinski definition) is 0. The highest BCUT2D eigenvalue weighted by molar-refractivity contribution is 5.69. The second kappa shape index (κ2) is 5.82. The molecule has 0 heterocycles. The van der Waals surface area contributed by atoms with Crippen LogP contribution in [0.1, 0.15) is 16.7 Å². The highest BCUT2D eigenvalue weighted by Gasteiger charge is 2.30. The van der Waals surface area contributed by atoms with E-state index in [1.54, 1.807) is 12.1 Å². The van der Waals surface area contributed by atoms with Gasteiger partial charge < -0.3 is 4.74 Å². The number of ether oxygens (including phenoxy) is 1. The van der Waals surface area contributed by atoms with Crippen LogP contribution in [0.15, 0.2) is 48.5 Å². The summed E-state index contributed by atoms with van der Waals surface area (Å²) in [5.74, 6) is -0.218. The van der Waals surface area contributed by atoms with Gasteiger partial charge in [0.05, 0.1) is 0 Å². The van der Waals surface area contributed by atoms with Crippen molar-refractivity contribution in [2.45, 2.75) is 13.3 Å². The molecule has 0 bridgehead atoms. The Bertz CT molecular complexity index is 581. The maximum atomic E-state index is 12.0. The molecule has 0 aliphatic rings. The Labute approximate surface area is 115 Å². The van der Waals surface area contributed by atoms with Crippen LogP contribution >= 0.6 is 0 Å². The number of benzene rings is 2. The predicted molar refractivity (Wildman–Crippen MR) is 73.2 cm³/mol. The Hall–Kier alpha value is -2.23. The number of rotatable bonds is 3. The minimum Gasteiger partial charge on any atom is -0.406 e. The van der Waals surface area contributed by atoms with E-state index in [4.69, 9.17) is 0 Å². The maximum absolute atomic E-state index is 12.0. The van der Waals surface area contributed by atoms with Crippen LogP contribution in [0.25, 0.3) is 12.2 Å². The number of halogens is 3. The molecule has 4 heteroatoms. The van der Waals surface area contributed by atoms with Gasteiger partial charge in [-0.15, -0.1) is 13.2 Å². The molecule has 104 valence electrons. The van der Waals surface area contributed by atoms with E-state index >= 15 is 0 Å². The van der Waals surface area contributed by atoms with E-state index in [9.17, 15) is 13.2 Å². The second-order valence-corrected chi connectivity index (χ2v) is 4.36. The third kappa shape index (κ3) is 4.46. The number of aryl methyl sites for hydroxylation is 1. The number of alkyl halides is 3. The molecule has 2 rings (SSSR count). The Kier molecular flexibility index (Phi) is 4.13. The molecule has 0 amide bonds. The predicted octanol–water partition coefficient (Wildman–Crippen LogP) is 5.06. The molecule has 0 radical (unpaired) electrons. The molecule has 0 fully saturated rings. The van der Waals surface area contributed by atoms with Crippen LogP contribution in [0.2, 0.25) is 0 Å². The zero-order valence-electron chi connectivity index (χ0n) is 10.8. The molecule has 2 aromatic carbocycles. The van der Waals surface area contributed by atoms with Crippen LogP contribution in [-0.2, 0) is 0 Å². The lowest BCUT2D eigenvalue weighted by Gasteiger charge is -2.08. The van der Waals surface area contributed by atoms with E-state index in [2.05, 4.69) is 4.74 Å². The van der Waals surface area contributed by atoms with Crippen LogP contribution in [-0.4, -0.2) is 6.36 Å². The van der Waals surface area contributed by atoms with E-state index in [0.29, 0.717) is 0 Å². The fourth-order valence-corrected chi connectivity index (χ4v) is 1.65. The van der Waals surface area contributed by atoms with Crippen molar-refractivity contribution in [3.8, 4) is 5.75 Å². The molecule has 20 heavy (non-hydrogen) atoms. The Balaban J connectivity index is 2.05. The third-order valence-electron chi connectivity index (χ3n) is 2.66. The lowest BCUT2D eigenvalue weighted by atomic mass is 10.1. The van der Waals surface area contributed by atoms with E-state index in [1.807, 2.05) is 43.3 Å². The maximum Gasteiger partial charge on any atom is 0.573 e. The van der Waals surface area contributed by atoms with Crippen molar-refractivity contribution in [2.24, 2.45) is 0 Å². The van der Waals surface area contributed by atoms with E-state index in [-0.39, 0.29) is 5.75 Å². The first kappa shape index (κ1) is 14.2. The Morgan fingerprint density at radius 1 is 0.800 bits per heavy atom. The van der Waals surface area contributed by atoms with Crippen molar-refractivity contribution in [3.63, 3.8) is 0 Å². The monoisotopic (exact) mass is 278 g/mol.